The molecule has 0 unspecified atom stereocenters. The average molecular weight is 425 g/mol. The Kier molecular flexibility index (Phi) is 6.38. The Morgan fingerprint density at radius 1 is 1.19 bits per heavy atom. The number of halogens is 5. The second kappa shape index (κ2) is 8.15. The molecule has 26 heavy (non-hydrogen) atoms. The van der Waals surface area contributed by atoms with Crippen molar-refractivity contribution in [3.63, 3.8) is 0 Å². The SMILES string of the molecule is O=C(CSc1c(Cl)cccc1Cl)Nc1ccc([N+](=O)[O-])cc1C(F)(F)F. The molecule has 2 rings (SSSR count). The van der Waals surface area contributed by atoms with E-state index in [4.69, 9.17) is 23.2 Å². The zero-order chi connectivity index (χ0) is 19.5. The third-order valence-electron chi connectivity index (χ3n) is 3.06. The van der Waals surface area contributed by atoms with Gasteiger partial charge in [-0.25, -0.2) is 0 Å². The van der Waals surface area contributed by atoms with Gasteiger partial charge in [0.15, 0.2) is 0 Å². The van der Waals surface area contributed by atoms with Crippen LogP contribution in [0.4, 0.5) is 24.5 Å². The molecule has 0 bridgehead atoms. The summed E-state index contributed by atoms with van der Waals surface area (Å²) >= 11 is 12.9. The number of rotatable bonds is 5. The monoisotopic (exact) mass is 424 g/mol. The van der Waals surface area contributed by atoms with Gasteiger partial charge in [0.25, 0.3) is 5.69 Å². The van der Waals surface area contributed by atoms with E-state index in [1.54, 1.807) is 18.2 Å². The molecule has 0 atom stereocenters. The van der Waals surface area contributed by atoms with Gasteiger partial charge in [-0.1, -0.05) is 29.3 Å². The number of hydrogen-bond donors (Lipinski definition) is 1. The molecule has 0 aromatic heterocycles. The van der Waals surface area contributed by atoms with E-state index in [1.807, 2.05) is 0 Å². The van der Waals surface area contributed by atoms with Crippen LogP contribution in [0.3, 0.4) is 0 Å². The molecule has 0 aliphatic heterocycles. The first-order chi connectivity index (χ1) is 12.1. The van der Waals surface area contributed by atoms with Crippen LogP contribution in [0, 0.1) is 10.1 Å². The number of benzene rings is 2. The van der Waals surface area contributed by atoms with Crippen LogP contribution in [0.15, 0.2) is 41.3 Å². The molecular weight excluding hydrogens is 416 g/mol. The Hall–Kier alpha value is -1.97. The van der Waals surface area contributed by atoms with Crippen LogP contribution in [0.1, 0.15) is 5.56 Å². The molecule has 0 aliphatic rings. The number of nitrogens with one attached hydrogen (secondary N) is 1. The van der Waals surface area contributed by atoms with Gasteiger partial charge in [0.2, 0.25) is 5.91 Å². The third-order valence-corrected chi connectivity index (χ3v) is 5.05. The highest BCUT2D eigenvalue weighted by Gasteiger charge is 2.35. The molecule has 2 aromatic carbocycles. The number of nitrogens with zero attached hydrogens (tertiary/aromatic N) is 1. The number of carbonyl (C=O) groups is 1. The predicted molar refractivity (Wildman–Crippen MR) is 93.9 cm³/mol. The minimum absolute atomic E-state index is 0.252. The highest BCUT2D eigenvalue weighted by Crippen LogP contribution is 2.38. The van der Waals surface area contributed by atoms with E-state index in [0.29, 0.717) is 21.0 Å². The van der Waals surface area contributed by atoms with Crippen LogP contribution in [0.25, 0.3) is 0 Å². The fourth-order valence-corrected chi connectivity index (χ4v) is 3.42. The van der Waals surface area contributed by atoms with E-state index in [9.17, 15) is 28.1 Å². The largest absolute Gasteiger partial charge is 0.418 e. The van der Waals surface area contributed by atoms with Crippen molar-refractivity contribution in [3.8, 4) is 0 Å². The molecule has 2 aromatic rings. The summed E-state index contributed by atoms with van der Waals surface area (Å²) in [5.74, 6) is -0.997. The molecule has 0 aliphatic carbocycles. The zero-order valence-corrected chi connectivity index (χ0v) is 15.0. The minimum Gasteiger partial charge on any atom is -0.325 e. The Balaban J connectivity index is 2.17. The van der Waals surface area contributed by atoms with E-state index in [0.717, 1.165) is 23.9 Å². The summed E-state index contributed by atoms with van der Waals surface area (Å²) in [6, 6.07) is 6.82. The van der Waals surface area contributed by atoms with Gasteiger partial charge in [-0.2, -0.15) is 13.2 Å². The molecular formula is C15H9Cl2F3N2O3S. The number of non-ortho nitro benzene ring substituents is 1. The lowest BCUT2D eigenvalue weighted by atomic mass is 10.1. The van der Waals surface area contributed by atoms with Crippen molar-refractivity contribution in [1.82, 2.24) is 0 Å². The van der Waals surface area contributed by atoms with Crippen LogP contribution in [-0.4, -0.2) is 16.6 Å². The van der Waals surface area contributed by atoms with Crippen LogP contribution in [-0.2, 0) is 11.0 Å². The molecule has 1 amide bonds. The highest BCUT2D eigenvalue weighted by molar-refractivity contribution is 8.00. The number of nitro groups is 1. The Bertz CT molecular complexity index is 842. The molecule has 0 fully saturated rings. The third kappa shape index (κ3) is 5.03. The van der Waals surface area contributed by atoms with Gasteiger partial charge in [0, 0.05) is 17.0 Å². The van der Waals surface area contributed by atoms with Gasteiger partial charge in [-0.05, 0) is 18.2 Å². The van der Waals surface area contributed by atoms with Crippen molar-refractivity contribution in [2.45, 2.75) is 11.1 Å². The standard InChI is InChI=1S/C15H9Cl2F3N2O3S/c16-10-2-1-3-11(17)14(10)26-7-13(23)21-12-5-4-8(22(24)25)6-9(12)15(18,19)20/h1-6H,7H2,(H,21,23). The zero-order valence-electron chi connectivity index (χ0n) is 12.6. The highest BCUT2D eigenvalue weighted by atomic mass is 35.5. The number of thioether (sulfide) groups is 1. The molecule has 1 N–H and O–H groups in total. The Morgan fingerprint density at radius 3 is 2.35 bits per heavy atom. The van der Waals surface area contributed by atoms with Crippen molar-refractivity contribution in [2.75, 3.05) is 11.1 Å². The molecule has 138 valence electrons. The maximum atomic E-state index is 13.1. The lowest BCUT2D eigenvalue weighted by Crippen LogP contribution is -2.18. The number of carbonyl (C=O) groups excluding carboxylic acids is 1. The van der Waals surface area contributed by atoms with Crippen LogP contribution in [0.5, 0.6) is 0 Å². The molecule has 0 spiro atoms. The van der Waals surface area contributed by atoms with E-state index in [1.165, 1.54) is 0 Å². The Labute approximate surface area is 159 Å². The van der Waals surface area contributed by atoms with Crippen molar-refractivity contribution in [3.05, 3.63) is 62.1 Å². The summed E-state index contributed by atoms with van der Waals surface area (Å²) < 4.78 is 39.3. The molecule has 0 saturated carbocycles. The van der Waals surface area contributed by atoms with Crippen molar-refractivity contribution in [2.24, 2.45) is 0 Å². The fourth-order valence-electron chi connectivity index (χ4n) is 1.93. The maximum absolute atomic E-state index is 13.1. The van der Waals surface area contributed by atoms with Gasteiger partial charge in [-0.3, -0.25) is 14.9 Å². The second-order valence-electron chi connectivity index (χ2n) is 4.87. The lowest BCUT2D eigenvalue weighted by Gasteiger charge is -2.13. The molecule has 0 saturated heterocycles. The van der Waals surface area contributed by atoms with Gasteiger partial charge >= 0.3 is 6.18 Å². The maximum Gasteiger partial charge on any atom is 0.418 e. The summed E-state index contributed by atoms with van der Waals surface area (Å²) in [4.78, 5) is 22.1. The summed E-state index contributed by atoms with van der Waals surface area (Å²) in [6.45, 7) is 0. The average Bonchev–Trinajstić information content (AvgIpc) is 2.53. The molecule has 0 radical (unpaired) electrons. The lowest BCUT2D eigenvalue weighted by molar-refractivity contribution is -0.385. The number of anilines is 1. The van der Waals surface area contributed by atoms with Gasteiger partial charge in [0.05, 0.1) is 32.0 Å². The second-order valence-corrected chi connectivity index (χ2v) is 6.67. The minimum atomic E-state index is -4.87. The first kappa shape index (κ1) is 20.3. The predicted octanol–water partition coefficient (Wildman–Crippen LogP) is 5.65. The number of amides is 1. The van der Waals surface area contributed by atoms with E-state index in [2.05, 4.69) is 5.32 Å². The number of nitro benzene ring substituents is 1. The van der Waals surface area contributed by atoms with Gasteiger partial charge in [-0.15, -0.1) is 11.8 Å². The quantitative estimate of drug-likeness (QED) is 0.382. The van der Waals surface area contributed by atoms with Gasteiger partial charge < -0.3 is 5.32 Å². The van der Waals surface area contributed by atoms with Crippen molar-refractivity contribution in [1.29, 1.82) is 0 Å². The molecule has 5 nitrogen and oxygen atoms in total. The van der Waals surface area contributed by atoms with Crippen molar-refractivity contribution >= 4 is 52.2 Å². The van der Waals surface area contributed by atoms with E-state index >= 15 is 0 Å². The van der Waals surface area contributed by atoms with Crippen molar-refractivity contribution < 1.29 is 22.9 Å². The van der Waals surface area contributed by atoms with Crippen LogP contribution >= 0.6 is 35.0 Å². The number of alkyl halides is 3. The van der Waals surface area contributed by atoms with Crippen LogP contribution in [0.2, 0.25) is 10.0 Å². The first-order valence-corrected chi connectivity index (χ1v) is 8.56. The summed E-state index contributed by atoms with van der Waals surface area (Å²) in [5.41, 5.74) is -2.60. The van der Waals surface area contributed by atoms with E-state index in [-0.39, 0.29) is 5.75 Å². The summed E-state index contributed by atoms with van der Waals surface area (Å²) in [7, 11) is 0. The smallest absolute Gasteiger partial charge is 0.325 e. The molecule has 0 heterocycles. The summed E-state index contributed by atoms with van der Waals surface area (Å²) in [5, 5.41) is 13.4. The number of hydrogen-bond acceptors (Lipinski definition) is 4. The Morgan fingerprint density at radius 2 is 1.81 bits per heavy atom. The van der Waals surface area contributed by atoms with Gasteiger partial charge in [0.1, 0.15) is 0 Å². The summed E-state index contributed by atoms with van der Waals surface area (Å²) in [6.07, 6.45) is -4.87. The normalized spacial score (nSPS) is 11.3. The topological polar surface area (TPSA) is 72.2 Å². The molecule has 11 heteroatoms. The fraction of sp³-hybridized carbons (Fsp3) is 0.133. The first-order valence-electron chi connectivity index (χ1n) is 6.82. The van der Waals surface area contributed by atoms with E-state index < -0.39 is 33.9 Å². The van der Waals surface area contributed by atoms with Crippen LogP contribution < -0.4 is 5.32 Å².